The lowest BCUT2D eigenvalue weighted by Crippen LogP contribution is -2.42. The summed E-state index contributed by atoms with van der Waals surface area (Å²) in [6, 6.07) is 23.4. The van der Waals surface area contributed by atoms with Gasteiger partial charge in [-0.15, -0.1) is 0 Å². The van der Waals surface area contributed by atoms with Gasteiger partial charge < -0.3 is 10.2 Å². The van der Waals surface area contributed by atoms with Crippen LogP contribution in [0.1, 0.15) is 12.8 Å². The number of aliphatic carboxylic acids is 2. The summed E-state index contributed by atoms with van der Waals surface area (Å²) in [5.41, 5.74) is 0. The van der Waals surface area contributed by atoms with Crippen LogP contribution >= 0.6 is 0 Å². The van der Waals surface area contributed by atoms with Gasteiger partial charge in [-0.3, -0.25) is 9.59 Å². The third-order valence-corrected chi connectivity index (χ3v) is 10.3. The summed E-state index contributed by atoms with van der Waals surface area (Å²) in [7, 11) is -8.44. The van der Waals surface area contributed by atoms with Gasteiger partial charge in [0.25, 0.3) is 0 Å². The summed E-state index contributed by atoms with van der Waals surface area (Å²) in [6.07, 6.45) is -1.00. The van der Waals surface area contributed by atoms with E-state index in [9.17, 15) is 36.6 Å². The van der Waals surface area contributed by atoms with Gasteiger partial charge in [0.1, 0.15) is 0 Å². The molecule has 0 unspecified atom stereocenters. The van der Waals surface area contributed by atoms with Crippen LogP contribution in [0, 0.1) is 0 Å². The Morgan fingerprint density at radius 2 is 0.875 bits per heavy atom. The third kappa shape index (κ3) is 6.65. The molecule has 0 aromatic heterocycles. The minimum Gasteiger partial charge on any atom is -0.481 e. The van der Waals surface area contributed by atoms with Gasteiger partial charge in [0.2, 0.25) is 20.0 Å². The molecule has 0 aliphatic rings. The van der Waals surface area contributed by atoms with Gasteiger partial charge in [0.15, 0.2) is 0 Å². The maximum absolute atomic E-state index is 13.6. The Morgan fingerprint density at radius 3 is 1.23 bits per heavy atom. The molecular weight excluding hydrogens is 556 g/mol. The smallest absolute Gasteiger partial charge is 0.304 e. The van der Waals surface area contributed by atoms with Gasteiger partial charge in [-0.1, -0.05) is 60.7 Å². The molecule has 4 rings (SSSR count). The number of carbonyl (C=O) groups is 2. The standard InChI is InChI=1S/C28H28N2O8S2/c31-27(32)13-15-29(39(35,36)25-11-9-21-5-1-3-7-23(21)19-25)17-18-30(16-14-28(33)34)40(37,38)26-12-10-22-6-2-4-8-24(22)20-26/h1-12,19-20H,13-18H2,(H,31,32)(H,33,34). The summed E-state index contributed by atoms with van der Waals surface area (Å²) in [4.78, 5) is 22.5. The van der Waals surface area contributed by atoms with Crippen molar-refractivity contribution >= 4 is 53.5 Å². The highest BCUT2D eigenvalue weighted by molar-refractivity contribution is 7.89. The Kier molecular flexibility index (Phi) is 8.84. The van der Waals surface area contributed by atoms with Crippen LogP contribution in [0.25, 0.3) is 21.5 Å². The highest BCUT2D eigenvalue weighted by atomic mass is 32.2. The van der Waals surface area contributed by atoms with Crippen LogP contribution in [-0.4, -0.2) is 73.8 Å². The lowest BCUT2D eigenvalue weighted by molar-refractivity contribution is -0.138. The number of carboxylic acids is 2. The largest absolute Gasteiger partial charge is 0.481 e. The molecule has 0 radical (unpaired) electrons. The number of carboxylic acid groups (broad SMARTS) is 2. The first-order valence-electron chi connectivity index (χ1n) is 12.4. The predicted octanol–water partition coefficient (Wildman–Crippen LogP) is 3.62. The van der Waals surface area contributed by atoms with Crippen LogP contribution in [0.5, 0.6) is 0 Å². The van der Waals surface area contributed by atoms with Crippen molar-refractivity contribution in [1.82, 2.24) is 8.61 Å². The van der Waals surface area contributed by atoms with Gasteiger partial charge >= 0.3 is 11.9 Å². The molecule has 0 fully saturated rings. The van der Waals surface area contributed by atoms with E-state index in [0.29, 0.717) is 10.8 Å². The van der Waals surface area contributed by atoms with Crippen molar-refractivity contribution in [3.05, 3.63) is 84.9 Å². The highest BCUT2D eigenvalue weighted by Crippen LogP contribution is 2.25. The maximum atomic E-state index is 13.6. The van der Waals surface area contributed by atoms with Crippen LogP contribution in [0.15, 0.2) is 94.7 Å². The van der Waals surface area contributed by atoms with E-state index in [1.54, 1.807) is 36.4 Å². The topological polar surface area (TPSA) is 149 Å². The van der Waals surface area contributed by atoms with Crippen molar-refractivity contribution in [2.24, 2.45) is 0 Å². The zero-order valence-corrected chi connectivity index (χ0v) is 23.0. The summed E-state index contributed by atoms with van der Waals surface area (Å²) in [5, 5.41) is 21.4. The lowest BCUT2D eigenvalue weighted by atomic mass is 10.1. The van der Waals surface area contributed by atoms with Crippen molar-refractivity contribution in [3.63, 3.8) is 0 Å². The molecule has 0 bridgehead atoms. The first-order valence-corrected chi connectivity index (χ1v) is 15.3. The molecule has 0 heterocycles. The van der Waals surface area contributed by atoms with Crippen molar-refractivity contribution in [2.75, 3.05) is 26.2 Å². The van der Waals surface area contributed by atoms with Crippen LogP contribution in [0.4, 0.5) is 0 Å². The number of hydrogen-bond donors (Lipinski definition) is 2. The summed E-state index contributed by atoms with van der Waals surface area (Å²) >= 11 is 0. The van der Waals surface area contributed by atoms with Crippen molar-refractivity contribution < 1.29 is 36.6 Å². The molecule has 0 amide bonds. The molecule has 4 aromatic carbocycles. The van der Waals surface area contributed by atoms with Crippen LogP contribution in [-0.2, 0) is 29.6 Å². The number of nitrogens with zero attached hydrogens (tertiary/aromatic N) is 2. The molecule has 40 heavy (non-hydrogen) atoms. The number of fused-ring (bicyclic) bond motifs is 2. The fourth-order valence-corrected chi connectivity index (χ4v) is 7.26. The molecule has 0 spiro atoms. The number of hydrogen-bond acceptors (Lipinski definition) is 6. The molecule has 210 valence electrons. The number of rotatable bonds is 13. The molecule has 0 saturated heterocycles. The van der Waals surface area contributed by atoms with E-state index in [1.165, 1.54) is 24.3 Å². The Hall–Kier alpha value is -3.84. The molecule has 2 N–H and O–H groups in total. The quantitative estimate of drug-likeness (QED) is 0.242. The van der Waals surface area contributed by atoms with Gasteiger partial charge in [-0.25, -0.2) is 16.8 Å². The van der Waals surface area contributed by atoms with Crippen LogP contribution in [0.2, 0.25) is 0 Å². The second kappa shape index (κ2) is 12.1. The fourth-order valence-electron chi connectivity index (χ4n) is 4.32. The number of benzene rings is 4. The van der Waals surface area contributed by atoms with E-state index in [4.69, 9.17) is 0 Å². The molecule has 12 heteroatoms. The Morgan fingerprint density at radius 1 is 0.525 bits per heavy atom. The van der Waals surface area contributed by atoms with Crippen LogP contribution in [0.3, 0.4) is 0 Å². The summed E-state index contributed by atoms with van der Waals surface area (Å²) < 4.78 is 56.3. The fraction of sp³-hybridized carbons (Fsp3) is 0.214. The Bertz CT molecular complexity index is 1640. The minimum absolute atomic E-state index is 0.0638. The summed E-state index contributed by atoms with van der Waals surface area (Å²) in [6.45, 7) is -1.55. The van der Waals surface area contributed by atoms with Crippen molar-refractivity contribution in [1.29, 1.82) is 0 Å². The van der Waals surface area contributed by atoms with E-state index < -0.39 is 57.9 Å². The van der Waals surface area contributed by atoms with Crippen molar-refractivity contribution in [2.45, 2.75) is 22.6 Å². The number of sulfonamides is 2. The molecule has 0 aliphatic heterocycles. The monoisotopic (exact) mass is 584 g/mol. The van der Waals surface area contributed by atoms with E-state index >= 15 is 0 Å². The average molecular weight is 585 g/mol. The zero-order chi connectivity index (χ0) is 28.9. The Balaban J connectivity index is 1.66. The van der Waals surface area contributed by atoms with E-state index in [1.807, 2.05) is 24.3 Å². The van der Waals surface area contributed by atoms with Gasteiger partial charge in [0.05, 0.1) is 22.6 Å². The SMILES string of the molecule is O=C(O)CCN(CCN(CCC(=O)O)S(=O)(=O)c1ccc2ccccc2c1)S(=O)(=O)c1ccc2ccccc2c1. The Labute approximate surface area is 232 Å². The molecule has 0 atom stereocenters. The van der Waals surface area contributed by atoms with Gasteiger partial charge in [-0.2, -0.15) is 8.61 Å². The molecule has 0 aliphatic carbocycles. The predicted molar refractivity (Wildman–Crippen MR) is 150 cm³/mol. The van der Waals surface area contributed by atoms with Crippen LogP contribution < -0.4 is 0 Å². The zero-order valence-electron chi connectivity index (χ0n) is 21.4. The first kappa shape index (κ1) is 29.2. The van der Waals surface area contributed by atoms with Crippen molar-refractivity contribution in [3.8, 4) is 0 Å². The normalized spacial score (nSPS) is 12.3. The van der Waals surface area contributed by atoms with E-state index in [2.05, 4.69) is 0 Å². The minimum atomic E-state index is -4.22. The molecular formula is C28H28N2O8S2. The average Bonchev–Trinajstić information content (AvgIpc) is 2.93. The molecule has 10 nitrogen and oxygen atoms in total. The third-order valence-electron chi connectivity index (χ3n) is 6.47. The summed E-state index contributed by atoms with van der Waals surface area (Å²) in [5.74, 6) is -2.43. The second-order valence-corrected chi connectivity index (χ2v) is 13.0. The van der Waals surface area contributed by atoms with E-state index in [-0.39, 0.29) is 22.9 Å². The molecule has 0 saturated carbocycles. The maximum Gasteiger partial charge on any atom is 0.304 e. The molecule has 4 aromatic rings. The lowest BCUT2D eigenvalue weighted by Gasteiger charge is -2.27. The highest BCUT2D eigenvalue weighted by Gasteiger charge is 2.30. The first-order chi connectivity index (χ1) is 19.0. The van der Waals surface area contributed by atoms with Gasteiger partial charge in [-0.05, 0) is 45.8 Å². The van der Waals surface area contributed by atoms with Gasteiger partial charge in [0, 0.05) is 26.2 Å². The second-order valence-electron chi connectivity index (χ2n) is 9.11. The van der Waals surface area contributed by atoms with E-state index in [0.717, 1.165) is 19.4 Å².